The summed E-state index contributed by atoms with van der Waals surface area (Å²) in [6, 6.07) is 27.2. The summed E-state index contributed by atoms with van der Waals surface area (Å²) in [6.45, 7) is 0. The molecular formula is C34H27ClN4O5S2. The van der Waals surface area contributed by atoms with E-state index in [1.165, 1.54) is 48.4 Å². The molecule has 46 heavy (non-hydrogen) atoms. The van der Waals surface area contributed by atoms with Crippen LogP contribution in [-0.4, -0.2) is 40.7 Å². The van der Waals surface area contributed by atoms with Crippen LogP contribution in [0.15, 0.2) is 113 Å². The van der Waals surface area contributed by atoms with Crippen LogP contribution in [-0.2, 0) is 9.59 Å². The van der Waals surface area contributed by atoms with Gasteiger partial charge in [-0.1, -0.05) is 48.0 Å². The Bertz CT molecular complexity index is 1900. The molecule has 0 aliphatic rings. The van der Waals surface area contributed by atoms with Crippen LogP contribution in [0, 0.1) is 0 Å². The van der Waals surface area contributed by atoms with Gasteiger partial charge in [-0.05, 0) is 60.7 Å². The van der Waals surface area contributed by atoms with Gasteiger partial charge in [-0.15, -0.1) is 23.1 Å². The standard InChI is InChI=1S/C34H27ClN4O5S2/c1-44-30-18-26(40)15-12-23(30)16-28(37-32(42)22-6-3-2-4-7-22)33(43)36-25-8-5-9-27(17-25)45-20-31(41)39-34-38-29(19-46-34)21-10-13-24(35)14-11-21/h2-19,40H,20H2,1H3,(H,36,43)(H,37,42)(H,38,39,41)/b28-16+. The van der Waals surface area contributed by atoms with Crippen molar-refractivity contribution in [2.45, 2.75) is 4.90 Å². The number of aromatic nitrogens is 1. The van der Waals surface area contributed by atoms with Crippen molar-refractivity contribution in [2.24, 2.45) is 0 Å². The molecule has 4 N–H and O–H groups in total. The van der Waals surface area contributed by atoms with Crippen LogP contribution in [0.3, 0.4) is 0 Å². The van der Waals surface area contributed by atoms with E-state index in [0.29, 0.717) is 32.7 Å². The molecule has 232 valence electrons. The van der Waals surface area contributed by atoms with Crippen LogP contribution in [0.2, 0.25) is 5.02 Å². The monoisotopic (exact) mass is 670 g/mol. The molecule has 0 unspecified atom stereocenters. The lowest BCUT2D eigenvalue weighted by Gasteiger charge is -2.13. The highest BCUT2D eigenvalue weighted by Gasteiger charge is 2.17. The molecule has 0 aliphatic heterocycles. The Morgan fingerprint density at radius 1 is 0.957 bits per heavy atom. The van der Waals surface area contributed by atoms with Gasteiger partial charge in [0.15, 0.2) is 5.13 Å². The molecule has 12 heteroatoms. The fraction of sp³-hybridized carbons (Fsp3) is 0.0588. The van der Waals surface area contributed by atoms with Crippen molar-refractivity contribution in [2.75, 3.05) is 23.5 Å². The van der Waals surface area contributed by atoms with E-state index in [1.54, 1.807) is 66.7 Å². The summed E-state index contributed by atoms with van der Waals surface area (Å²) in [6.07, 6.45) is 1.47. The van der Waals surface area contributed by atoms with Gasteiger partial charge in [0.2, 0.25) is 5.91 Å². The molecule has 1 heterocycles. The van der Waals surface area contributed by atoms with Crippen molar-refractivity contribution >= 4 is 69.3 Å². The Kier molecular flexibility index (Phi) is 10.7. The largest absolute Gasteiger partial charge is 0.508 e. The summed E-state index contributed by atoms with van der Waals surface area (Å²) in [5, 5.41) is 21.1. The van der Waals surface area contributed by atoms with Crippen molar-refractivity contribution in [3.8, 4) is 22.8 Å². The lowest BCUT2D eigenvalue weighted by Crippen LogP contribution is -2.30. The summed E-state index contributed by atoms with van der Waals surface area (Å²) in [5.74, 6) is -0.865. The van der Waals surface area contributed by atoms with Crippen molar-refractivity contribution in [3.63, 3.8) is 0 Å². The number of ether oxygens (including phenoxy) is 1. The average Bonchev–Trinajstić information content (AvgIpc) is 3.53. The number of phenols is 1. The predicted molar refractivity (Wildman–Crippen MR) is 184 cm³/mol. The highest BCUT2D eigenvalue weighted by Crippen LogP contribution is 2.28. The van der Waals surface area contributed by atoms with E-state index < -0.39 is 11.8 Å². The van der Waals surface area contributed by atoms with Gasteiger partial charge in [-0.3, -0.25) is 14.4 Å². The summed E-state index contributed by atoms with van der Waals surface area (Å²) in [5.41, 5.74) is 2.89. The predicted octanol–water partition coefficient (Wildman–Crippen LogP) is 7.32. The zero-order chi connectivity index (χ0) is 32.5. The number of amides is 3. The number of aromatic hydroxyl groups is 1. The number of halogens is 1. The van der Waals surface area contributed by atoms with Gasteiger partial charge in [0.25, 0.3) is 11.8 Å². The van der Waals surface area contributed by atoms with Crippen LogP contribution in [0.1, 0.15) is 15.9 Å². The van der Waals surface area contributed by atoms with Gasteiger partial charge in [-0.2, -0.15) is 0 Å². The number of carbonyl (C=O) groups is 3. The molecule has 0 saturated heterocycles. The van der Waals surface area contributed by atoms with Crippen LogP contribution in [0.25, 0.3) is 17.3 Å². The Morgan fingerprint density at radius 2 is 1.74 bits per heavy atom. The maximum absolute atomic E-state index is 13.5. The Balaban J connectivity index is 1.25. The number of nitrogens with zero attached hydrogens (tertiary/aromatic N) is 1. The number of hydrogen-bond acceptors (Lipinski definition) is 8. The molecule has 1 aromatic heterocycles. The first-order valence-corrected chi connectivity index (χ1v) is 16.0. The molecule has 0 fully saturated rings. The molecule has 9 nitrogen and oxygen atoms in total. The van der Waals surface area contributed by atoms with Crippen LogP contribution in [0.5, 0.6) is 11.5 Å². The lowest BCUT2D eigenvalue weighted by molar-refractivity contribution is -0.114. The number of phenolic OH excluding ortho intramolecular Hbond substituents is 1. The van der Waals surface area contributed by atoms with Gasteiger partial charge in [0.1, 0.15) is 17.2 Å². The topological polar surface area (TPSA) is 130 Å². The second-order valence-corrected chi connectivity index (χ2v) is 12.0. The maximum atomic E-state index is 13.5. The summed E-state index contributed by atoms with van der Waals surface area (Å²) >= 11 is 8.59. The minimum absolute atomic E-state index is 0.00865. The Hall–Kier alpha value is -5.10. The van der Waals surface area contributed by atoms with Crippen molar-refractivity contribution < 1.29 is 24.2 Å². The van der Waals surface area contributed by atoms with E-state index in [2.05, 4.69) is 20.9 Å². The third kappa shape index (κ3) is 8.75. The molecule has 0 bridgehead atoms. The normalized spacial score (nSPS) is 11.0. The third-order valence-corrected chi connectivity index (χ3v) is 8.40. The Labute approximate surface area is 278 Å². The first kappa shape index (κ1) is 32.3. The molecular weight excluding hydrogens is 644 g/mol. The summed E-state index contributed by atoms with van der Waals surface area (Å²) in [4.78, 5) is 44.4. The Morgan fingerprint density at radius 3 is 2.50 bits per heavy atom. The molecule has 4 aromatic carbocycles. The molecule has 5 rings (SSSR count). The molecule has 0 spiro atoms. The fourth-order valence-electron chi connectivity index (χ4n) is 4.17. The van der Waals surface area contributed by atoms with Crippen LogP contribution in [0.4, 0.5) is 10.8 Å². The molecule has 0 saturated carbocycles. The lowest BCUT2D eigenvalue weighted by atomic mass is 10.1. The smallest absolute Gasteiger partial charge is 0.272 e. The number of methoxy groups -OCH3 is 1. The van der Waals surface area contributed by atoms with E-state index in [-0.39, 0.29) is 23.1 Å². The molecule has 5 aromatic rings. The second kappa shape index (κ2) is 15.3. The zero-order valence-corrected chi connectivity index (χ0v) is 26.7. The SMILES string of the molecule is COc1cc(O)ccc1/C=C(/NC(=O)c1ccccc1)C(=O)Nc1cccc(SCC(=O)Nc2nc(-c3ccc(Cl)cc3)cs2)c1. The van der Waals surface area contributed by atoms with Crippen molar-refractivity contribution in [3.05, 3.63) is 124 Å². The number of hydrogen-bond donors (Lipinski definition) is 4. The first-order valence-electron chi connectivity index (χ1n) is 13.8. The number of thiazole rings is 1. The quantitative estimate of drug-likeness (QED) is 0.0856. The van der Waals surface area contributed by atoms with Gasteiger partial charge >= 0.3 is 0 Å². The van der Waals surface area contributed by atoms with Crippen molar-refractivity contribution in [1.82, 2.24) is 10.3 Å². The minimum atomic E-state index is -0.584. The number of anilines is 2. The van der Waals surface area contributed by atoms with Crippen LogP contribution >= 0.6 is 34.7 Å². The first-order chi connectivity index (χ1) is 22.3. The summed E-state index contributed by atoms with van der Waals surface area (Å²) in [7, 11) is 1.44. The summed E-state index contributed by atoms with van der Waals surface area (Å²) < 4.78 is 5.35. The number of carbonyl (C=O) groups excluding carboxylic acids is 3. The average molecular weight is 671 g/mol. The number of benzene rings is 4. The number of rotatable bonds is 11. The minimum Gasteiger partial charge on any atom is -0.508 e. The van der Waals surface area contributed by atoms with Gasteiger partial charge in [0, 0.05) is 43.7 Å². The molecule has 0 aliphatic carbocycles. The van der Waals surface area contributed by atoms with E-state index in [0.717, 1.165) is 16.2 Å². The fourth-order valence-corrected chi connectivity index (χ4v) is 5.78. The maximum Gasteiger partial charge on any atom is 0.272 e. The molecule has 0 atom stereocenters. The highest BCUT2D eigenvalue weighted by molar-refractivity contribution is 8.00. The van der Waals surface area contributed by atoms with Crippen LogP contribution < -0.4 is 20.7 Å². The third-order valence-electron chi connectivity index (χ3n) is 6.40. The number of thioether (sulfide) groups is 1. The van der Waals surface area contributed by atoms with Gasteiger partial charge in [0.05, 0.1) is 18.6 Å². The highest BCUT2D eigenvalue weighted by atomic mass is 35.5. The van der Waals surface area contributed by atoms with E-state index in [4.69, 9.17) is 16.3 Å². The van der Waals surface area contributed by atoms with E-state index in [1.807, 2.05) is 23.6 Å². The van der Waals surface area contributed by atoms with E-state index >= 15 is 0 Å². The molecule has 0 radical (unpaired) electrons. The number of nitrogens with one attached hydrogen (secondary N) is 3. The zero-order valence-electron chi connectivity index (χ0n) is 24.3. The van der Waals surface area contributed by atoms with E-state index in [9.17, 15) is 19.5 Å². The molecule has 3 amide bonds. The second-order valence-electron chi connectivity index (χ2n) is 9.67. The van der Waals surface area contributed by atoms with Gasteiger partial charge < -0.3 is 25.8 Å². The van der Waals surface area contributed by atoms with Gasteiger partial charge in [-0.25, -0.2) is 4.98 Å². The van der Waals surface area contributed by atoms with Crippen molar-refractivity contribution in [1.29, 1.82) is 0 Å².